The van der Waals surface area contributed by atoms with Gasteiger partial charge in [0.1, 0.15) is 5.82 Å². The molecule has 0 saturated carbocycles. The summed E-state index contributed by atoms with van der Waals surface area (Å²) in [6, 6.07) is 16.0. The van der Waals surface area contributed by atoms with E-state index in [9.17, 15) is 40.6 Å². The molecule has 3 aromatic rings. The molecule has 0 heterocycles. The van der Waals surface area contributed by atoms with E-state index in [0.29, 0.717) is 18.2 Å². The number of carbonyl (C=O) groups excluding carboxylic acids is 1. The fourth-order valence-electron chi connectivity index (χ4n) is 3.32. The molecule has 1 amide bonds. The number of alkyl halides is 6. The topological polar surface area (TPSA) is 49.3 Å². The molecule has 0 aliphatic rings. The number of hydrogen-bond acceptors (Lipinski definition) is 2. The maximum atomic E-state index is 14.5. The van der Waals surface area contributed by atoms with Gasteiger partial charge in [-0.05, 0) is 35.7 Å². The maximum Gasteiger partial charge on any atom is 0.430 e. The van der Waals surface area contributed by atoms with E-state index in [1.54, 1.807) is 0 Å². The second kappa shape index (κ2) is 9.46. The van der Waals surface area contributed by atoms with Gasteiger partial charge in [-0.15, -0.1) is 0 Å². The number of amides is 1. The summed E-state index contributed by atoms with van der Waals surface area (Å²) < 4.78 is 92.6. The minimum absolute atomic E-state index is 0.00951. The van der Waals surface area contributed by atoms with Crippen molar-refractivity contribution in [1.29, 1.82) is 0 Å². The van der Waals surface area contributed by atoms with Crippen molar-refractivity contribution in [2.45, 2.75) is 30.8 Å². The number of benzene rings is 3. The van der Waals surface area contributed by atoms with E-state index in [1.807, 2.05) is 30.3 Å². The number of halogens is 7. The minimum Gasteiger partial charge on any atom is -0.369 e. The van der Waals surface area contributed by atoms with Crippen LogP contribution in [0.3, 0.4) is 0 Å². The van der Waals surface area contributed by atoms with Gasteiger partial charge in [0, 0.05) is 23.2 Å². The summed E-state index contributed by atoms with van der Waals surface area (Å²) in [6.07, 6.45) is -11.5. The van der Waals surface area contributed by atoms with E-state index in [1.165, 1.54) is 24.3 Å². The normalized spacial score (nSPS) is 12.5. The van der Waals surface area contributed by atoms with Crippen molar-refractivity contribution in [3.8, 4) is 11.1 Å². The lowest BCUT2D eigenvalue weighted by Gasteiger charge is -2.32. The number of nitrogens with one attached hydrogen (secondary N) is 1. The third-order valence-corrected chi connectivity index (χ3v) is 5.17. The van der Waals surface area contributed by atoms with Crippen LogP contribution in [-0.2, 0) is 16.8 Å². The van der Waals surface area contributed by atoms with Crippen molar-refractivity contribution in [2.75, 3.05) is 5.32 Å². The van der Waals surface area contributed by atoms with Gasteiger partial charge in [0.15, 0.2) is 0 Å². The molecule has 0 radical (unpaired) electrons. The van der Waals surface area contributed by atoms with Crippen LogP contribution in [0.4, 0.5) is 36.4 Å². The first-order valence-corrected chi connectivity index (χ1v) is 9.93. The molecule has 2 N–H and O–H groups in total. The monoisotopic (exact) mass is 485 g/mol. The Morgan fingerprint density at radius 2 is 1.41 bits per heavy atom. The molecule has 3 rings (SSSR count). The molecule has 0 aliphatic carbocycles. The fourth-order valence-corrected chi connectivity index (χ4v) is 3.32. The summed E-state index contributed by atoms with van der Waals surface area (Å²) in [5.74, 6) is -1.66. The number of aryl methyl sites for hydroxylation is 1. The van der Waals surface area contributed by atoms with Crippen molar-refractivity contribution in [1.82, 2.24) is 0 Å². The molecule has 10 heteroatoms. The average molecular weight is 485 g/mol. The summed E-state index contributed by atoms with van der Waals surface area (Å²) in [5, 5.41) is 12.1. The highest BCUT2D eigenvalue weighted by atomic mass is 19.4. The van der Waals surface area contributed by atoms with Crippen molar-refractivity contribution >= 4 is 11.6 Å². The van der Waals surface area contributed by atoms with Crippen LogP contribution < -0.4 is 5.32 Å². The summed E-state index contributed by atoms with van der Waals surface area (Å²) in [5.41, 5.74) is -5.67. The molecule has 0 atom stereocenters. The third kappa shape index (κ3) is 5.22. The van der Waals surface area contributed by atoms with Gasteiger partial charge in [-0.3, -0.25) is 4.79 Å². The molecule has 3 aromatic carbocycles. The Morgan fingerprint density at radius 3 is 1.94 bits per heavy atom. The highest BCUT2D eigenvalue weighted by molar-refractivity contribution is 5.91. The standard InChI is InChI=1S/C24H18F7NO2/c25-20-14-17(22(34,23(26,27)28)24(29,30)31)9-12-19(20)16-7-10-18(11-8-16)32-21(33)13-6-15-4-2-1-3-5-15/h1-5,7-12,14,34H,6,13H2,(H,32,33). The Bertz CT molecular complexity index is 1130. The average Bonchev–Trinajstić information content (AvgIpc) is 2.77. The van der Waals surface area contributed by atoms with Crippen molar-refractivity contribution in [3.05, 3.63) is 89.7 Å². The predicted molar refractivity (Wildman–Crippen MR) is 111 cm³/mol. The summed E-state index contributed by atoms with van der Waals surface area (Å²) in [7, 11) is 0. The van der Waals surface area contributed by atoms with Gasteiger partial charge < -0.3 is 10.4 Å². The number of rotatable bonds is 6. The van der Waals surface area contributed by atoms with Crippen molar-refractivity contribution in [3.63, 3.8) is 0 Å². The molecular formula is C24H18F7NO2. The van der Waals surface area contributed by atoms with E-state index in [2.05, 4.69) is 5.32 Å². The van der Waals surface area contributed by atoms with Crippen LogP contribution >= 0.6 is 0 Å². The zero-order chi connectivity index (χ0) is 25.1. The molecule has 3 nitrogen and oxygen atoms in total. The van der Waals surface area contributed by atoms with E-state index in [-0.39, 0.29) is 29.5 Å². The smallest absolute Gasteiger partial charge is 0.369 e. The second-order valence-electron chi connectivity index (χ2n) is 7.51. The summed E-state index contributed by atoms with van der Waals surface area (Å²) >= 11 is 0. The lowest BCUT2D eigenvalue weighted by Crippen LogP contribution is -2.53. The van der Waals surface area contributed by atoms with Crippen LogP contribution in [-0.4, -0.2) is 23.4 Å². The molecule has 0 fully saturated rings. The SMILES string of the molecule is O=C(CCc1ccccc1)Nc1ccc(-c2ccc(C(O)(C(F)(F)F)C(F)(F)F)cc2F)cc1. The fraction of sp³-hybridized carbons (Fsp3) is 0.208. The molecular weight excluding hydrogens is 467 g/mol. The maximum absolute atomic E-state index is 14.5. The first-order chi connectivity index (χ1) is 15.8. The summed E-state index contributed by atoms with van der Waals surface area (Å²) in [6.45, 7) is 0. The summed E-state index contributed by atoms with van der Waals surface area (Å²) in [4.78, 5) is 12.1. The van der Waals surface area contributed by atoms with Gasteiger partial charge in [0.2, 0.25) is 5.91 Å². The highest BCUT2D eigenvalue weighted by Crippen LogP contribution is 2.50. The lowest BCUT2D eigenvalue weighted by molar-refractivity contribution is -0.376. The third-order valence-electron chi connectivity index (χ3n) is 5.17. The highest BCUT2D eigenvalue weighted by Gasteiger charge is 2.71. The van der Waals surface area contributed by atoms with Crippen LogP contribution in [0.15, 0.2) is 72.8 Å². The van der Waals surface area contributed by atoms with Crippen LogP contribution in [0.5, 0.6) is 0 Å². The van der Waals surface area contributed by atoms with Gasteiger partial charge in [0.05, 0.1) is 0 Å². The largest absolute Gasteiger partial charge is 0.430 e. The quantitative estimate of drug-likeness (QED) is 0.399. The molecule has 0 spiro atoms. The second-order valence-corrected chi connectivity index (χ2v) is 7.51. The number of carbonyl (C=O) groups is 1. The first kappa shape index (κ1) is 25.2. The van der Waals surface area contributed by atoms with Gasteiger partial charge in [-0.2, -0.15) is 26.3 Å². The molecule has 0 saturated heterocycles. The Balaban J connectivity index is 1.75. The van der Waals surface area contributed by atoms with Crippen molar-refractivity contribution in [2.24, 2.45) is 0 Å². The molecule has 0 aliphatic heterocycles. The van der Waals surface area contributed by atoms with E-state index < -0.39 is 29.3 Å². The van der Waals surface area contributed by atoms with Gasteiger partial charge in [-0.1, -0.05) is 54.6 Å². The van der Waals surface area contributed by atoms with Gasteiger partial charge in [-0.25, -0.2) is 4.39 Å². The Morgan fingerprint density at radius 1 is 0.824 bits per heavy atom. The predicted octanol–water partition coefficient (Wildman–Crippen LogP) is 6.38. The van der Waals surface area contributed by atoms with Crippen LogP contribution in [0, 0.1) is 5.82 Å². The Hall–Kier alpha value is -3.40. The number of anilines is 1. The zero-order valence-corrected chi connectivity index (χ0v) is 17.3. The van der Waals surface area contributed by atoms with E-state index in [0.717, 1.165) is 11.6 Å². The number of hydrogen-bond donors (Lipinski definition) is 2. The Kier molecular flexibility index (Phi) is 7.02. The van der Waals surface area contributed by atoms with Gasteiger partial charge in [0.25, 0.3) is 5.60 Å². The van der Waals surface area contributed by atoms with E-state index >= 15 is 0 Å². The van der Waals surface area contributed by atoms with Crippen LogP contribution in [0.25, 0.3) is 11.1 Å². The van der Waals surface area contributed by atoms with Crippen LogP contribution in [0.1, 0.15) is 17.5 Å². The van der Waals surface area contributed by atoms with Gasteiger partial charge >= 0.3 is 12.4 Å². The lowest BCUT2D eigenvalue weighted by atomic mass is 9.90. The van der Waals surface area contributed by atoms with Crippen LogP contribution in [0.2, 0.25) is 0 Å². The molecule has 0 unspecified atom stereocenters. The van der Waals surface area contributed by atoms with E-state index in [4.69, 9.17) is 0 Å². The Labute approximate surface area is 189 Å². The molecule has 0 bridgehead atoms. The number of aliphatic hydroxyl groups is 1. The molecule has 180 valence electrons. The van der Waals surface area contributed by atoms with Crippen molar-refractivity contribution < 1.29 is 40.6 Å². The molecule has 34 heavy (non-hydrogen) atoms. The molecule has 0 aromatic heterocycles. The minimum atomic E-state index is -6.11. The zero-order valence-electron chi connectivity index (χ0n) is 17.3. The first-order valence-electron chi connectivity index (χ1n) is 9.93.